The molecule has 0 bridgehead atoms. The number of methoxy groups -OCH3 is 1. The highest BCUT2D eigenvalue weighted by Gasteiger charge is 2.50. The Kier molecular flexibility index (Phi) is 3.12. The third-order valence-corrected chi connectivity index (χ3v) is 5.63. The van der Waals surface area contributed by atoms with E-state index in [0.717, 1.165) is 0 Å². The number of imidazole rings is 1. The normalized spacial score (nSPS) is 31.8. The maximum Gasteiger partial charge on any atom is 0.262 e. The summed E-state index contributed by atoms with van der Waals surface area (Å²) >= 11 is 0. The monoisotopic (exact) mass is 287 g/mol. The summed E-state index contributed by atoms with van der Waals surface area (Å²) in [4.78, 5) is 3.95. The second-order valence-electron chi connectivity index (χ2n) is 4.99. The summed E-state index contributed by atoms with van der Waals surface area (Å²) in [5, 5.41) is 0.0809. The van der Waals surface area contributed by atoms with Gasteiger partial charge < -0.3 is 14.0 Å². The first-order valence-electron chi connectivity index (χ1n) is 6.14. The number of nitrogens with zero attached hydrogens (tertiary/aromatic N) is 3. The Bertz CT molecular complexity index is 570. The molecule has 0 spiro atoms. The van der Waals surface area contributed by atoms with Gasteiger partial charge in [-0.15, -0.1) is 0 Å². The molecule has 7 nitrogen and oxygen atoms in total. The lowest BCUT2D eigenvalue weighted by Gasteiger charge is -2.20. The lowest BCUT2D eigenvalue weighted by atomic mass is 10.0. The Morgan fingerprint density at radius 3 is 2.89 bits per heavy atom. The Morgan fingerprint density at radius 1 is 1.47 bits per heavy atom. The Labute approximate surface area is 112 Å². The van der Waals surface area contributed by atoms with Crippen LogP contribution in [0.2, 0.25) is 0 Å². The van der Waals surface area contributed by atoms with Gasteiger partial charge in [-0.1, -0.05) is 0 Å². The number of hydrogen-bond acceptors (Lipinski definition) is 5. The van der Waals surface area contributed by atoms with Crippen molar-refractivity contribution in [2.45, 2.75) is 17.2 Å². The van der Waals surface area contributed by atoms with Crippen molar-refractivity contribution in [2.24, 2.45) is 13.0 Å². The van der Waals surface area contributed by atoms with Crippen molar-refractivity contribution < 1.29 is 17.9 Å². The zero-order chi connectivity index (χ0) is 13.6. The summed E-state index contributed by atoms with van der Waals surface area (Å²) in [6, 6.07) is -0.142. The largest absolute Gasteiger partial charge is 0.380 e. The Morgan fingerprint density at radius 2 is 2.26 bits per heavy atom. The quantitative estimate of drug-likeness (QED) is 0.746. The first-order chi connectivity index (χ1) is 9.04. The van der Waals surface area contributed by atoms with Crippen LogP contribution in [0.5, 0.6) is 0 Å². The van der Waals surface area contributed by atoms with E-state index in [-0.39, 0.29) is 23.1 Å². The number of aryl methyl sites for hydroxylation is 1. The summed E-state index contributed by atoms with van der Waals surface area (Å²) in [7, 11) is -0.220. The van der Waals surface area contributed by atoms with Crippen LogP contribution in [0.3, 0.4) is 0 Å². The number of ether oxygens (including phenoxy) is 2. The molecule has 0 radical (unpaired) electrons. The average Bonchev–Trinajstić information content (AvgIpc) is 3.02. The molecule has 3 atom stereocenters. The van der Waals surface area contributed by atoms with Gasteiger partial charge in [0.25, 0.3) is 10.0 Å². The summed E-state index contributed by atoms with van der Waals surface area (Å²) in [6.45, 7) is 1.35. The summed E-state index contributed by atoms with van der Waals surface area (Å²) in [6.07, 6.45) is 2.89. The van der Waals surface area contributed by atoms with Crippen LogP contribution >= 0.6 is 0 Å². The van der Waals surface area contributed by atoms with Crippen molar-refractivity contribution in [3.63, 3.8) is 0 Å². The van der Waals surface area contributed by atoms with Gasteiger partial charge in [0.05, 0.1) is 31.7 Å². The van der Waals surface area contributed by atoms with Crippen LogP contribution in [0, 0.1) is 5.92 Å². The SMILES string of the molecule is CO[C@@H]1CN(S(=O)(=O)c2cn(C)cn2)[C@H]2COC[C@@H]12. The molecule has 1 aromatic heterocycles. The third kappa shape index (κ3) is 1.99. The van der Waals surface area contributed by atoms with E-state index in [2.05, 4.69) is 4.98 Å². The second kappa shape index (κ2) is 4.55. The fourth-order valence-corrected chi connectivity index (χ4v) is 4.46. The highest BCUT2D eigenvalue weighted by atomic mass is 32.2. The molecule has 1 aromatic rings. The highest BCUT2D eigenvalue weighted by Crippen LogP contribution is 2.35. The topological polar surface area (TPSA) is 73.7 Å². The Hall–Kier alpha value is -0.960. The van der Waals surface area contributed by atoms with E-state index in [1.165, 1.54) is 16.8 Å². The Balaban J connectivity index is 1.93. The van der Waals surface area contributed by atoms with E-state index >= 15 is 0 Å². The first-order valence-corrected chi connectivity index (χ1v) is 7.58. The third-order valence-electron chi connectivity index (χ3n) is 3.86. The molecule has 3 heterocycles. The van der Waals surface area contributed by atoms with E-state index in [1.807, 2.05) is 0 Å². The van der Waals surface area contributed by atoms with Gasteiger partial charge in [-0.2, -0.15) is 4.31 Å². The lowest BCUT2D eigenvalue weighted by Crippen LogP contribution is -2.38. The van der Waals surface area contributed by atoms with Crippen LogP contribution in [-0.2, 0) is 26.5 Å². The smallest absolute Gasteiger partial charge is 0.262 e. The molecule has 0 amide bonds. The van der Waals surface area contributed by atoms with Crippen LogP contribution < -0.4 is 0 Å². The molecule has 0 N–H and O–H groups in total. The van der Waals surface area contributed by atoms with Gasteiger partial charge in [-0.3, -0.25) is 0 Å². The van der Waals surface area contributed by atoms with Gasteiger partial charge in [0.1, 0.15) is 0 Å². The van der Waals surface area contributed by atoms with Crippen molar-refractivity contribution in [1.82, 2.24) is 13.9 Å². The highest BCUT2D eigenvalue weighted by molar-refractivity contribution is 7.89. The van der Waals surface area contributed by atoms with Crippen LogP contribution in [0.4, 0.5) is 0 Å². The lowest BCUT2D eigenvalue weighted by molar-refractivity contribution is 0.0599. The molecule has 8 heteroatoms. The zero-order valence-electron chi connectivity index (χ0n) is 10.9. The van der Waals surface area contributed by atoms with E-state index in [1.54, 1.807) is 18.7 Å². The van der Waals surface area contributed by atoms with Gasteiger partial charge in [0, 0.05) is 32.8 Å². The van der Waals surface area contributed by atoms with E-state index in [0.29, 0.717) is 19.8 Å². The van der Waals surface area contributed by atoms with Crippen LogP contribution in [0.15, 0.2) is 17.6 Å². The van der Waals surface area contributed by atoms with Crippen LogP contribution in [-0.4, -0.2) is 61.3 Å². The number of fused-ring (bicyclic) bond motifs is 1. The average molecular weight is 287 g/mol. The molecule has 0 saturated carbocycles. The van der Waals surface area contributed by atoms with Crippen molar-refractivity contribution in [3.05, 3.63) is 12.5 Å². The zero-order valence-corrected chi connectivity index (χ0v) is 11.7. The van der Waals surface area contributed by atoms with Crippen molar-refractivity contribution in [1.29, 1.82) is 0 Å². The molecule has 2 saturated heterocycles. The molecule has 0 aliphatic carbocycles. The summed E-state index contributed by atoms with van der Waals surface area (Å²) in [5.41, 5.74) is 0. The molecule has 0 aromatic carbocycles. The van der Waals surface area contributed by atoms with Crippen LogP contribution in [0.1, 0.15) is 0 Å². The van der Waals surface area contributed by atoms with Gasteiger partial charge in [-0.05, 0) is 0 Å². The number of rotatable bonds is 3. The fourth-order valence-electron chi connectivity index (χ4n) is 2.83. The number of aromatic nitrogens is 2. The van der Waals surface area contributed by atoms with Gasteiger partial charge in [0.15, 0.2) is 5.03 Å². The van der Waals surface area contributed by atoms with Crippen LogP contribution in [0.25, 0.3) is 0 Å². The van der Waals surface area contributed by atoms with Gasteiger partial charge in [0.2, 0.25) is 0 Å². The molecule has 0 unspecified atom stereocenters. The molecule has 2 fully saturated rings. The molecule has 2 aliphatic rings. The maximum atomic E-state index is 12.6. The molecule has 106 valence electrons. The standard InChI is InChI=1S/C11H17N3O4S/c1-13-4-11(12-7-13)19(15,16)14-3-10(17-2)8-5-18-6-9(8)14/h4,7-10H,3,5-6H2,1-2H3/t8-,9+,10-/m1/s1. The fraction of sp³-hybridized carbons (Fsp3) is 0.727. The predicted molar refractivity (Wildman–Crippen MR) is 66.0 cm³/mol. The predicted octanol–water partition coefficient (Wildman–Crippen LogP) is -0.546. The maximum absolute atomic E-state index is 12.6. The minimum absolute atomic E-state index is 0.0809. The van der Waals surface area contributed by atoms with Crippen molar-refractivity contribution >= 4 is 10.0 Å². The molecular weight excluding hydrogens is 270 g/mol. The van der Waals surface area contributed by atoms with Crippen molar-refractivity contribution in [3.8, 4) is 0 Å². The minimum Gasteiger partial charge on any atom is -0.380 e. The van der Waals surface area contributed by atoms with Crippen molar-refractivity contribution in [2.75, 3.05) is 26.9 Å². The van der Waals surface area contributed by atoms with Gasteiger partial charge >= 0.3 is 0 Å². The van der Waals surface area contributed by atoms with E-state index < -0.39 is 10.0 Å². The molecular formula is C11H17N3O4S. The molecule has 3 rings (SSSR count). The molecule has 19 heavy (non-hydrogen) atoms. The van der Waals surface area contributed by atoms with Gasteiger partial charge in [-0.25, -0.2) is 13.4 Å². The number of sulfonamides is 1. The minimum atomic E-state index is -3.57. The summed E-state index contributed by atoms with van der Waals surface area (Å²) in [5.74, 6) is 0.114. The second-order valence-corrected chi connectivity index (χ2v) is 6.83. The summed E-state index contributed by atoms with van der Waals surface area (Å²) < 4.78 is 39.1. The molecule has 2 aliphatic heterocycles. The number of hydrogen-bond donors (Lipinski definition) is 0. The van der Waals surface area contributed by atoms with E-state index in [4.69, 9.17) is 9.47 Å². The first kappa shape index (κ1) is 13.0. The van der Waals surface area contributed by atoms with E-state index in [9.17, 15) is 8.42 Å².